The predicted molar refractivity (Wildman–Crippen MR) is 156 cm³/mol. The van der Waals surface area contributed by atoms with Gasteiger partial charge in [0, 0.05) is 12.7 Å². The van der Waals surface area contributed by atoms with Gasteiger partial charge in [-0.15, -0.1) is 0 Å². The van der Waals surface area contributed by atoms with E-state index in [0.29, 0.717) is 4.90 Å². The van der Waals surface area contributed by atoms with Crippen LogP contribution in [0.15, 0.2) is 103 Å². The fraction of sp³-hybridized carbons (Fsp3) is 0.194. The molecule has 0 spiro atoms. The molecule has 0 aliphatic carbocycles. The molecule has 196 valence electrons. The van der Waals surface area contributed by atoms with E-state index in [2.05, 4.69) is 72.8 Å². The largest absolute Gasteiger partial charge is 0.471 e. The summed E-state index contributed by atoms with van der Waals surface area (Å²) in [5.41, 5.74) is 3.12. The summed E-state index contributed by atoms with van der Waals surface area (Å²) in [6.45, 7) is 3.80. The van der Waals surface area contributed by atoms with Crippen molar-refractivity contribution in [2.75, 3.05) is 17.7 Å². The number of carbonyl (C=O) groups excluding carboxylic acids is 1. The van der Waals surface area contributed by atoms with Crippen molar-refractivity contribution in [2.24, 2.45) is 0 Å². The fourth-order valence-electron chi connectivity index (χ4n) is 4.94. The maximum Gasteiger partial charge on any atom is 0.471 e. The average molecular weight is 550 g/mol. The molecule has 0 aliphatic rings. The number of hydrogen-bond acceptors (Lipinski definition) is 2. The van der Waals surface area contributed by atoms with Gasteiger partial charge in [0.25, 0.3) is 0 Å². The van der Waals surface area contributed by atoms with Gasteiger partial charge in [-0.2, -0.15) is 24.4 Å². The number of alkyl halides is 3. The van der Waals surface area contributed by atoms with Crippen LogP contribution in [-0.4, -0.2) is 32.1 Å². The summed E-state index contributed by atoms with van der Waals surface area (Å²) in [6.07, 6.45) is -4.15. The molecule has 0 atom stereocenters. The van der Waals surface area contributed by atoms with Gasteiger partial charge in [0.15, 0.2) is 0 Å². The summed E-state index contributed by atoms with van der Waals surface area (Å²) >= 11 is 1.98. The molecule has 1 amide bonds. The van der Waals surface area contributed by atoms with Gasteiger partial charge in [0.1, 0.15) is 0 Å². The highest BCUT2D eigenvalue weighted by Crippen LogP contribution is 2.29. The molecule has 4 aromatic carbocycles. The molecule has 0 fully saturated rings. The molecule has 4 aromatic rings. The highest BCUT2D eigenvalue weighted by Gasteiger charge is 2.42. The Kier molecular flexibility index (Phi) is 8.48. The molecule has 0 radical (unpaired) electrons. The standard InChI is InChI=1S/C31H30F3NOSSi/c1-23-21-25(35(3)30(36)31(32,33)34)22-24(2)29(23)19-20-37-38(26-13-7-4-8-14-26,27-15-9-5-10-16-27)28-17-11-6-12-18-28/h4-18,21-22H,19-20H2,1-3H3. The van der Waals surface area contributed by atoms with Crippen LogP contribution in [0.1, 0.15) is 16.7 Å². The minimum absolute atomic E-state index is 0.250. The Bertz CT molecular complexity index is 1260. The van der Waals surface area contributed by atoms with Crippen molar-refractivity contribution >= 4 is 45.6 Å². The summed E-state index contributed by atoms with van der Waals surface area (Å²) in [7, 11) is -1.27. The van der Waals surface area contributed by atoms with E-state index in [1.165, 1.54) is 22.6 Å². The van der Waals surface area contributed by atoms with E-state index in [9.17, 15) is 18.0 Å². The predicted octanol–water partition coefficient (Wildman–Crippen LogP) is 5.77. The molecule has 0 heterocycles. The first-order valence-corrected chi connectivity index (χ1v) is 16.1. The van der Waals surface area contributed by atoms with Gasteiger partial charge in [0.2, 0.25) is 7.22 Å². The van der Waals surface area contributed by atoms with E-state index in [4.69, 9.17) is 0 Å². The lowest BCUT2D eigenvalue weighted by Crippen LogP contribution is -2.65. The Morgan fingerprint density at radius 3 is 1.53 bits per heavy atom. The number of anilines is 1. The lowest BCUT2D eigenvalue weighted by molar-refractivity contribution is -0.170. The van der Waals surface area contributed by atoms with E-state index in [1.54, 1.807) is 12.1 Å². The van der Waals surface area contributed by atoms with E-state index < -0.39 is 19.3 Å². The van der Waals surface area contributed by atoms with Crippen LogP contribution in [0.3, 0.4) is 0 Å². The number of benzene rings is 4. The van der Waals surface area contributed by atoms with Crippen molar-refractivity contribution in [3.8, 4) is 0 Å². The molecule has 7 heteroatoms. The number of hydrogen-bond donors (Lipinski definition) is 0. The first kappa shape index (κ1) is 27.7. The number of nitrogens with zero attached hydrogens (tertiary/aromatic N) is 1. The summed E-state index contributed by atoms with van der Waals surface area (Å²) in [5.74, 6) is -1.03. The zero-order valence-corrected chi connectivity index (χ0v) is 23.4. The highest BCUT2D eigenvalue weighted by molar-refractivity contribution is 8.33. The van der Waals surface area contributed by atoms with Gasteiger partial charge in [-0.3, -0.25) is 4.79 Å². The molecule has 0 unspecified atom stereocenters. The number of carbonyl (C=O) groups is 1. The van der Waals surface area contributed by atoms with Crippen LogP contribution in [0.25, 0.3) is 0 Å². The zero-order valence-electron chi connectivity index (χ0n) is 21.6. The topological polar surface area (TPSA) is 20.3 Å². The van der Waals surface area contributed by atoms with Gasteiger partial charge >= 0.3 is 12.1 Å². The minimum Gasteiger partial charge on any atom is -0.308 e. The molecule has 0 aliphatic heterocycles. The Morgan fingerprint density at radius 1 is 0.763 bits per heavy atom. The van der Waals surface area contributed by atoms with Crippen LogP contribution >= 0.6 is 11.2 Å². The lowest BCUT2D eigenvalue weighted by Gasteiger charge is -2.33. The zero-order chi connectivity index (χ0) is 27.3. The molecule has 4 rings (SSSR count). The van der Waals surface area contributed by atoms with Gasteiger partial charge < -0.3 is 4.90 Å². The minimum atomic E-state index is -4.91. The maximum absolute atomic E-state index is 13.0. The maximum atomic E-state index is 13.0. The van der Waals surface area contributed by atoms with Gasteiger partial charge in [0.05, 0.1) is 0 Å². The van der Waals surface area contributed by atoms with Crippen molar-refractivity contribution in [3.05, 3.63) is 120 Å². The van der Waals surface area contributed by atoms with Crippen LogP contribution in [0.2, 0.25) is 0 Å². The van der Waals surface area contributed by atoms with Crippen molar-refractivity contribution in [2.45, 2.75) is 26.4 Å². The summed E-state index contributed by atoms with van der Waals surface area (Å²) in [4.78, 5) is 12.4. The molecular weight excluding hydrogens is 519 g/mol. The number of amides is 1. The van der Waals surface area contributed by atoms with Crippen LogP contribution in [0.4, 0.5) is 18.9 Å². The molecule has 38 heavy (non-hydrogen) atoms. The van der Waals surface area contributed by atoms with Crippen molar-refractivity contribution in [1.29, 1.82) is 0 Å². The monoisotopic (exact) mass is 549 g/mol. The summed E-state index contributed by atoms with van der Waals surface area (Å²) < 4.78 is 38.9. The van der Waals surface area contributed by atoms with Crippen LogP contribution < -0.4 is 20.5 Å². The number of halogens is 3. The smallest absolute Gasteiger partial charge is 0.308 e. The molecule has 0 saturated carbocycles. The lowest BCUT2D eigenvalue weighted by atomic mass is 9.99. The molecule has 2 nitrogen and oxygen atoms in total. The van der Waals surface area contributed by atoms with Gasteiger partial charge in [-0.1, -0.05) is 91.0 Å². The first-order chi connectivity index (χ1) is 18.1. The molecule has 0 aromatic heterocycles. The Labute approximate surface area is 227 Å². The third-order valence-electron chi connectivity index (χ3n) is 6.83. The normalized spacial score (nSPS) is 11.8. The quantitative estimate of drug-likeness (QED) is 0.205. The van der Waals surface area contributed by atoms with Crippen LogP contribution in [-0.2, 0) is 11.2 Å². The third kappa shape index (κ3) is 5.74. The SMILES string of the molecule is Cc1cc(N(C)C(=O)C(F)(F)F)cc(C)c1CCS[Si](c1ccccc1)(c1ccccc1)c1ccccc1. The Morgan fingerprint density at radius 2 is 1.16 bits per heavy atom. The number of rotatable bonds is 8. The molecule has 0 saturated heterocycles. The van der Waals surface area contributed by atoms with Crippen LogP contribution in [0.5, 0.6) is 0 Å². The second-order valence-corrected chi connectivity index (χ2v) is 15.8. The molecule has 0 bridgehead atoms. The Balaban J connectivity index is 1.68. The van der Waals surface area contributed by atoms with Crippen molar-refractivity contribution in [1.82, 2.24) is 0 Å². The number of aryl methyl sites for hydroxylation is 2. The van der Waals surface area contributed by atoms with Gasteiger partial charge in [-0.05, 0) is 70.4 Å². The van der Waals surface area contributed by atoms with Crippen molar-refractivity contribution < 1.29 is 18.0 Å². The third-order valence-corrected chi connectivity index (χ3v) is 15.1. The Hall–Kier alpha value is -3.29. The second kappa shape index (κ2) is 11.6. The van der Waals surface area contributed by atoms with Crippen molar-refractivity contribution in [3.63, 3.8) is 0 Å². The highest BCUT2D eigenvalue weighted by atomic mass is 32.4. The fourth-order valence-corrected chi connectivity index (χ4v) is 13.0. The van der Waals surface area contributed by atoms with E-state index >= 15 is 0 Å². The van der Waals surface area contributed by atoms with E-state index in [1.807, 2.05) is 43.3 Å². The van der Waals surface area contributed by atoms with E-state index in [-0.39, 0.29) is 5.69 Å². The second-order valence-electron chi connectivity index (χ2n) is 9.30. The van der Waals surface area contributed by atoms with E-state index in [0.717, 1.165) is 28.9 Å². The summed E-state index contributed by atoms with van der Waals surface area (Å²) in [5, 5.41) is 3.95. The van der Waals surface area contributed by atoms with Gasteiger partial charge in [-0.25, -0.2) is 0 Å². The molecule has 0 N–H and O–H groups in total. The first-order valence-electron chi connectivity index (χ1n) is 12.4. The average Bonchev–Trinajstić information content (AvgIpc) is 2.92. The molecular formula is C31H30F3NOSSi. The van der Waals surface area contributed by atoms with Crippen LogP contribution in [0, 0.1) is 13.8 Å². The summed E-state index contributed by atoms with van der Waals surface area (Å²) in [6, 6.07) is 35.3.